The van der Waals surface area contributed by atoms with E-state index < -0.39 is 5.97 Å². The van der Waals surface area contributed by atoms with Crippen molar-refractivity contribution in [3.63, 3.8) is 0 Å². The molecule has 0 saturated heterocycles. The van der Waals surface area contributed by atoms with Gasteiger partial charge in [0, 0.05) is 0 Å². The van der Waals surface area contributed by atoms with Gasteiger partial charge in [-0.05, 0) is 109 Å². The van der Waals surface area contributed by atoms with Crippen molar-refractivity contribution in [2.24, 2.45) is 57.2 Å². The second-order valence-corrected chi connectivity index (χ2v) is 13.9. The molecule has 32 heavy (non-hydrogen) atoms. The van der Waals surface area contributed by atoms with Gasteiger partial charge in [0.05, 0.1) is 12.0 Å². The Morgan fingerprint density at radius 3 is 2.34 bits per heavy atom. The number of rotatable bonds is 1. The van der Waals surface area contributed by atoms with Crippen LogP contribution in [-0.2, 0) is 4.79 Å². The number of hydrogen-bond donors (Lipinski definition) is 2. The van der Waals surface area contributed by atoms with Crippen molar-refractivity contribution < 1.29 is 15.0 Å². The van der Waals surface area contributed by atoms with Gasteiger partial charge in [0.25, 0.3) is 0 Å². The van der Waals surface area contributed by atoms with Crippen molar-refractivity contribution >= 4 is 5.97 Å². The summed E-state index contributed by atoms with van der Waals surface area (Å²) in [5.74, 6) is 1.89. The van der Waals surface area contributed by atoms with E-state index in [1.54, 1.807) is 5.57 Å². The van der Waals surface area contributed by atoms with E-state index in [4.69, 9.17) is 0 Å². The Labute approximate surface area is 195 Å². The lowest BCUT2D eigenvalue weighted by atomic mass is 9.34. The second-order valence-electron chi connectivity index (χ2n) is 13.9. The summed E-state index contributed by atoms with van der Waals surface area (Å²) in [6, 6.07) is 0. The fourth-order valence-corrected chi connectivity index (χ4v) is 10.7. The molecule has 3 heteroatoms. The molecule has 0 radical (unpaired) electrons. The Hall–Kier alpha value is -0.830. The van der Waals surface area contributed by atoms with Crippen LogP contribution in [0.3, 0.4) is 0 Å². The van der Waals surface area contributed by atoms with Gasteiger partial charge in [-0.3, -0.25) is 4.79 Å². The second kappa shape index (κ2) is 7.09. The number of hydrogen-bond acceptors (Lipinski definition) is 2. The molecule has 5 aliphatic rings. The summed E-state index contributed by atoms with van der Waals surface area (Å²) in [6.07, 6.45) is 12.3. The first-order valence-electron chi connectivity index (χ1n) is 13.5. The number of carboxylic acids is 1. The van der Waals surface area contributed by atoms with Crippen molar-refractivity contribution in [3.05, 3.63) is 11.6 Å². The molecule has 2 N–H and O–H groups in total. The number of aliphatic carboxylic acids is 1. The van der Waals surface area contributed by atoms with Gasteiger partial charge < -0.3 is 10.2 Å². The normalized spacial score (nSPS) is 54.3. The number of carbonyl (C=O) groups is 1. The molecule has 0 aliphatic heterocycles. The fraction of sp³-hybridized carbons (Fsp3) is 0.897. The number of allylic oxidation sites excluding steroid dienone is 2. The third-order valence-corrected chi connectivity index (χ3v) is 12.7. The first-order valence-corrected chi connectivity index (χ1v) is 13.5. The van der Waals surface area contributed by atoms with Crippen molar-refractivity contribution in [2.75, 3.05) is 0 Å². The SMILES string of the molecule is C[C@H]1CC[C@@H](C(=O)O)[C@H]2CC[C@@]3(C)C(=CC[C@H]4[C@@]5(C)CC[C@H](O)C(C)(C)[C@H]5CC[C@]43C)[C@H]21. The fourth-order valence-electron chi connectivity index (χ4n) is 10.7. The van der Waals surface area contributed by atoms with Gasteiger partial charge in [-0.25, -0.2) is 0 Å². The molecule has 5 rings (SSSR count). The number of aliphatic hydroxyl groups excluding tert-OH is 1. The van der Waals surface area contributed by atoms with E-state index in [1.807, 2.05) is 0 Å². The maximum atomic E-state index is 12.1. The van der Waals surface area contributed by atoms with Crippen LogP contribution in [0.4, 0.5) is 0 Å². The molecular weight excluding hydrogens is 396 g/mol. The van der Waals surface area contributed by atoms with Gasteiger partial charge >= 0.3 is 5.97 Å². The highest BCUT2D eigenvalue weighted by Gasteiger charge is 2.67. The molecule has 4 fully saturated rings. The van der Waals surface area contributed by atoms with Crippen LogP contribution in [0, 0.1) is 57.2 Å². The lowest BCUT2D eigenvalue weighted by Crippen LogP contribution is -2.64. The Morgan fingerprint density at radius 1 is 0.938 bits per heavy atom. The summed E-state index contributed by atoms with van der Waals surface area (Å²) in [4.78, 5) is 12.1. The summed E-state index contributed by atoms with van der Waals surface area (Å²) >= 11 is 0. The molecule has 0 amide bonds. The molecule has 0 aromatic heterocycles. The molecule has 0 aromatic rings. The molecule has 3 nitrogen and oxygen atoms in total. The third kappa shape index (κ3) is 2.72. The third-order valence-electron chi connectivity index (χ3n) is 12.7. The lowest BCUT2D eigenvalue weighted by Gasteiger charge is -2.70. The zero-order chi connectivity index (χ0) is 23.3. The van der Waals surface area contributed by atoms with Crippen molar-refractivity contribution in [1.29, 1.82) is 0 Å². The van der Waals surface area contributed by atoms with Crippen LogP contribution in [0.15, 0.2) is 11.6 Å². The summed E-state index contributed by atoms with van der Waals surface area (Å²) < 4.78 is 0. The van der Waals surface area contributed by atoms with Gasteiger partial charge in [0.2, 0.25) is 0 Å². The lowest BCUT2D eigenvalue weighted by molar-refractivity contribution is -0.201. The average Bonchev–Trinajstić information content (AvgIpc) is 2.71. The Balaban J connectivity index is 1.56. The highest BCUT2D eigenvalue weighted by molar-refractivity contribution is 5.70. The summed E-state index contributed by atoms with van der Waals surface area (Å²) in [6.45, 7) is 14.7. The standard InChI is InChI=1S/C29H46O3/c1-17-7-8-19(25(31)32)18-11-15-28(5)20(24(17)18)9-10-22-27(4)14-13-23(30)26(2,3)21(27)12-16-29(22,28)6/h9,17-19,21-24,30H,7-8,10-16H2,1-6H3,(H,31,32)/t17-,18+,19+,21+,22-,23-,24-,27-,28-,29+/m0/s1. The molecule has 5 aliphatic carbocycles. The largest absolute Gasteiger partial charge is 0.481 e. The van der Waals surface area contributed by atoms with Crippen molar-refractivity contribution in [3.8, 4) is 0 Å². The van der Waals surface area contributed by atoms with Crippen LogP contribution >= 0.6 is 0 Å². The topological polar surface area (TPSA) is 57.5 Å². The maximum Gasteiger partial charge on any atom is 0.306 e. The van der Waals surface area contributed by atoms with E-state index in [2.05, 4.69) is 47.6 Å². The number of fused-ring (bicyclic) bond motifs is 7. The minimum atomic E-state index is -0.563. The minimum Gasteiger partial charge on any atom is -0.481 e. The predicted octanol–water partition coefficient (Wildman–Crippen LogP) is 6.70. The van der Waals surface area contributed by atoms with E-state index >= 15 is 0 Å². The first-order chi connectivity index (χ1) is 14.9. The molecule has 4 saturated carbocycles. The highest BCUT2D eigenvalue weighted by atomic mass is 16.4. The Bertz CT molecular complexity index is 828. The molecule has 0 bridgehead atoms. The molecule has 0 unspecified atom stereocenters. The molecule has 180 valence electrons. The quantitative estimate of drug-likeness (QED) is 0.444. The Kier molecular flexibility index (Phi) is 5.08. The van der Waals surface area contributed by atoms with E-state index in [1.165, 1.54) is 12.8 Å². The molecular formula is C29H46O3. The number of carboxylic acid groups (broad SMARTS) is 1. The predicted molar refractivity (Wildman–Crippen MR) is 128 cm³/mol. The monoisotopic (exact) mass is 442 g/mol. The molecule has 0 aromatic carbocycles. The van der Waals surface area contributed by atoms with Gasteiger partial charge in [-0.15, -0.1) is 0 Å². The van der Waals surface area contributed by atoms with Crippen LogP contribution in [0.5, 0.6) is 0 Å². The maximum absolute atomic E-state index is 12.1. The van der Waals surface area contributed by atoms with Crippen molar-refractivity contribution in [2.45, 2.75) is 105 Å². The zero-order valence-corrected chi connectivity index (χ0v) is 21.3. The van der Waals surface area contributed by atoms with Crippen molar-refractivity contribution in [1.82, 2.24) is 0 Å². The van der Waals surface area contributed by atoms with Gasteiger partial charge in [-0.2, -0.15) is 0 Å². The van der Waals surface area contributed by atoms with Gasteiger partial charge in [0.15, 0.2) is 0 Å². The van der Waals surface area contributed by atoms with E-state index in [0.29, 0.717) is 29.6 Å². The van der Waals surface area contributed by atoms with Crippen LogP contribution in [0.25, 0.3) is 0 Å². The smallest absolute Gasteiger partial charge is 0.306 e. The van der Waals surface area contributed by atoms with Crippen LogP contribution in [0.1, 0.15) is 99.3 Å². The molecule has 10 atom stereocenters. The summed E-state index contributed by atoms with van der Waals surface area (Å²) in [5, 5.41) is 20.8. The summed E-state index contributed by atoms with van der Waals surface area (Å²) in [7, 11) is 0. The summed E-state index contributed by atoms with van der Waals surface area (Å²) in [5.41, 5.74) is 2.35. The zero-order valence-electron chi connectivity index (χ0n) is 21.3. The highest BCUT2D eigenvalue weighted by Crippen LogP contribution is 2.74. The van der Waals surface area contributed by atoms with E-state index in [-0.39, 0.29) is 33.7 Å². The Morgan fingerprint density at radius 2 is 1.66 bits per heavy atom. The van der Waals surface area contributed by atoms with E-state index in [9.17, 15) is 15.0 Å². The molecule has 0 spiro atoms. The van der Waals surface area contributed by atoms with Gasteiger partial charge in [0.1, 0.15) is 0 Å². The minimum absolute atomic E-state index is 0.0104. The molecule has 0 heterocycles. The van der Waals surface area contributed by atoms with Crippen LogP contribution < -0.4 is 0 Å². The first kappa shape index (κ1) is 22.9. The number of aliphatic hydroxyl groups is 1. The van der Waals surface area contributed by atoms with Crippen LogP contribution in [-0.4, -0.2) is 22.3 Å². The van der Waals surface area contributed by atoms with Crippen LogP contribution in [0.2, 0.25) is 0 Å². The van der Waals surface area contributed by atoms with E-state index in [0.717, 1.165) is 44.9 Å². The van der Waals surface area contributed by atoms with Gasteiger partial charge in [-0.1, -0.05) is 53.2 Å². The average molecular weight is 443 g/mol.